The van der Waals surface area contributed by atoms with E-state index in [2.05, 4.69) is 10.2 Å². The van der Waals surface area contributed by atoms with Crippen LogP contribution in [0.25, 0.3) is 0 Å². The summed E-state index contributed by atoms with van der Waals surface area (Å²) in [5.41, 5.74) is 0.377. The summed E-state index contributed by atoms with van der Waals surface area (Å²) in [6.45, 7) is 2.00. The molecule has 0 unspecified atom stereocenters. The second kappa shape index (κ2) is 4.13. The van der Waals surface area contributed by atoms with Crippen molar-refractivity contribution in [1.29, 1.82) is 0 Å². The maximum absolute atomic E-state index is 13.4. The fourth-order valence-electron chi connectivity index (χ4n) is 1.40. The van der Waals surface area contributed by atoms with E-state index in [0.29, 0.717) is 16.2 Å². The third-order valence-electron chi connectivity index (χ3n) is 2.29. The van der Waals surface area contributed by atoms with Crippen molar-refractivity contribution >= 4 is 12.2 Å². The van der Waals surface area contributed by atoms with Gasteiger partial charge in [0.2, 0.25) is 0 Å². The third-order valence-corrected chi connectivity index (χ3v) is 2.60. The van der Waals surface area contributed by atoms with Gasteiger partial charge in [-0.25, -0.2) is 8.78 Å². The molecule has 0 saturated carbocycles. The lowest BCUT2D eigenvalue weighted by Crippen LogP contribution is -2.04. The SMILES string of the molecule is Cc1n[nH]c(=S)n1Cc1ccc(F)cc1F. The number of halogens is 2. The van der Waals surface area contributed by atoms with Crippen LogP contribution in [-0.4, -0.2) is 14.8 Å². The lowest BCUT2D eigenvalue weighted by atomic mass is 10.2. The molecular formula is C10H9F2N3S. The highest BCUT2D eigenvalue weighted by Crippen LogP contribution is 2.12. The van der Waals surface area contributed by atoms with E-state index in [0.717, 1.165) is 6.07 Å². The Morgan fingerprint density at radius 1 is 1.44 bits per heavy atom. The van der Waals surface area contributed by atoms with Gasteiger partial charge in [0.15, 0.2) is 4.77 Å². The average Bonchev–Trinajstić information content (AvgIpc) is 2.53. The Labute approximate surface area is 95.7 Å². The molecule has 0 aliphatic rings. The van der Waals surface area contributed by atoms with Crippen molar-refractivity contribution in [3.63, 3.8) is 0 Å². The number of nitrogens with zero attached hydrogens (tertiary/aromatic N) is 2. The maximum Gasteiger partial charge on any atom is 0.195 e. The molecule has 0 aliphatic heterocycles. The lowest BCUT2D eigenvalue weighted by molar-refractivity contribution is 0.564. The first kappa shape index (κ1) is 10.9. The number of benzene rings is 1. The molecule has 0 saturated heterocycles. The van der Waals surface area contributed by atoms with Gasteiger partial charge in [-0.15, -0.1) is 0 Å². The molecule has 0 amide bonds. The van der Waals surface area contributed by atoms with Gasteiger partial charge in [-0.2, -0.15) is 5.10 Å². The van der Waals surface area contributed by atoms with Crippen LogP contribution >= 0.6 is 12.2 Å². The summed E-state index contributed by atoms with van der Waals surface area (Å²) in [6.07, 6.45) is 0. The Balaban J connectivity index is 2.38. The predicted molar refractivity (Wildman–Crippen MR) is 57.6 cm³/mol. The highest BCUT2D eigenvalue weighted by Gasteiger charge is 2.07. The molecule has 1 aromatic heterocycles. The van der Waals surface area contributed by atoms with Crippen LogP contribution in [0.4, 0.5) is 8.78 Å². The molecule has 0 atom stereocenters. The van der Waals surface area contributed by atoms with E-state index in [1.165, 1.54) is 12.1 Å². The molecule has 3 nitrogen and oxygen atoms in total. The molecule has 1 heterocycles. The van der Waals surface area contributed by atoms with E-state index < -0.39 is 11.6 Å². The Bertz CT molecular complexity index is 574. The number of H-pyrrole nitrogens is 1. The lowest BCUT2D eigenvalue weighted by Gasteiger charge is -2.05. The average molecular weight is 241 g/mol. The number of aromatic nitrogens is 3. The molecular weight excluding hydrogens is 232 g/mol. The van der Waals surface area contributed by atoms with Crippen molar-refractivity contribution in [3.8, 4) is 0 Å². The quantitative estimate of drug-likeness (QED) is 0.820. The van der Waals surface area contributed by atoms with Crippen LogP contribution in [0.1, 0.15) is 11.4 Å². The standard InChI is InChI=1S/C10H9F2N3S/c1-6-13-14-10(16)15(6)5-7-2-3-8(11)4-9(7)12/h2-4H,5H2,1H3,(H,14,16). The Morgan fingerprint density at radius 3 is 2.75 bits per heavy atom. The molecule has 2 aromatic rings. The zero-order valence-electron chi connectivity index (χ0n) is 8.50. The van der Waals surface area contributed by atoms with E-state index in [9.17, 15) is 8.78 Å². The van der Waals surface area contributed by atoms with Crippen LogP contribution in [0.15, 0.2) is 18.2 Å². The molecule has 16 heavy (non-hydrogen) atoms. The van der Waals surface area contributed by atoms with Gasteiger partial charge in [-0.05, 0) is 25.2 Å². The van der Waals surface area contributed by atoms with Gasteiger partial charge in [-0.3, -0.25) is 9.67 Å². The molecule has 1 N–H and O–H groups in total. The summed E-state index contributed by atoms with van der Waals surface area (Å²) in [6, 6.07) is 3.48. The van der Waals surface area contributed by atoms with Crippen molar-refractivity contribution in [1.82, 2.24) is 14.8 Å². The van der Waals surface area contributed by atoms with Gasteiger partial charge in [0.1, 0.15) is 17.5 Å². The fourth-order valence-corrected chi connectivity index (χ4v) is 1.65. The zero-order chi connectivity index (χ0) is 11.7. The highest BCUT2D eigenvalue weighted by molar-refractivity contribution is 7.71. The van der Waals surface area contributed by atoms with E-state index in [4.69, 9.17) is 12.2 Å². The summed E-state index contributed by atoms with van der Waals surface area (Å²) in [5, 5.41) is 6.52. The summed E-state index contributed by atoms with van der Waals surface area (Å²) in [4.78, 5) is 0. The largest absolute Gasteiger partial charge is 0.300 e. The monoisotopic (exact) mass is 241 g/mol. The van der Waals surface area contributed by atoms with Crippen LogP contribution in [0, 0.1) is 23.3 Å². The number of aromatic amines is 1. The number of hydrogen-bond acceptors (Lipinski definition) is 2. The first-order valence-electron chi connectivity index (χ1n) is 4.63. The van der Waals surface area contributed by atoms with Gasteiger partial charge in [0, 0.05) is 11.6 Å². The maximum atomic E-state index is 13.4. The molecule has 0 fully saturated rings. The Kier molecular flexibility index (Phi) is 2.82. The Hall–Kier alpha value is -1.56. The number of hydrogen-bond donors (Lipinski definition) is 1. The fraction of sp³-hybridized carbons (Fsp3) is 0.200. The smallest absolute Gasteiger partial charge is 0.195 e. The van der Waals surface area contributed by atoms with Gasteiger partial charge in [-0.1, -0.05) is 6.07 Å². The minimum atomic E-state index is -0.589. The first-order chi connectivity index (χ1) is 7.58. The molecule has 0 radical (unpaired) electrons. The molecule has 1 aromatic carbocycles. The van der Waals surface area contributed by atoms with Crippen LogP contribution in [0.5, 0.6) is 0 Å². The van der Waals surface area contributed by atoms with E-state index >= 15 is 0 Å². The minimum absolute atomic E-state index is 0.243. The predicted octanol–water partition coefficient (Wildman–Crippen LogP) is 2.58. The van der Waals surface area contributed by atoms with E-state index in [1.54, 1.807) is 11.5 Å². The van der Waals surface area contributed by atoms with Crippen molar-refractivity contribution < 1.29 is 8.78 Å². The Morgan fingerprint density at radius 2 is 2.19 bits per heavy atom. The molecule has 84 valence electrons. The van der Waals surface area contributed by atoms with Gasteiger partial charge in [0.05, 0.1) is 6.54 Å². The number of rotatable bonds is 2. The second-order valence-electron chi connectivity index (χ2n) is 3.40. The second-order valence-corrected chi connectivity index (χ2v) is 3.78. The third kappa shape index (κ3) is 2.01. The number of nitrogens with one attached hydrogen (secondary N) is 1. The van der Waals surface area contributed by atoms with E-state index in [-0.39, 0.29) is 6.54 Å². The summed E-state index contributed by atoms with van der Waals surface area (Å²) >= 11 is 4.99. The normalized spacial score (nSPS) is 10.7. The van der Waals surface area contributed by atoms with Crippen LogP contribution in [0.2, 0.25) is 0 Å². The van der Waals surface area contributed by atoms with Gasteiger partial charge in [0.25, 0.3) is 0 Å². The molecule has 0 spiro atoms. The van der Waals surface area contributed by atoms with Crippen LogP contribution in [0.3, 0.4) is 0 Å². The van der Waals surface area contributed by atoms with Crippen LogP contribution in [-0.2, 0) is 6.54 Å². The minimum Gasteiger partial charge on any atom is -0.300 e. The topological polar surface area (TPSA) is 33.6 Å². The number of aryl methyl sites for hydroxylation is 1. The molecule has 0 bridgehead atoms. The van der Waals surface area contributed by atoms with Gasteiger partial charge >= 0.3 is 0 Å². The molecule has 2 rings (SSSR count). The van der Waals surface area contributed by atoms with E-state index in [1.807, 2.05) is 0 Å². The zero-order valence-corrected chi connectivity index (χ0v) is 9.31. The molecule has 0 aliphatic carbocycles. The summed E-state index contributed by atoms with van der Waals surface area (Å²) < 4.78 is 28.1. The highest BCUT2D eigenvalue weighted by atomic mass is 32.1. The van der Waals surface area contributed by atoms with Crippen molar-refractivity contribution in [2.75, 3.05) is 0 Å². The summed E-state index contributed by atoms with van der Waals surface area (Å²) in [7, 11) is 0. The van der Waals surface area contributed by atoms with Crippen molar-refractivity contribution in [2.45, 2.75) is 13.5 Å². The van der Waals surface area contributed by atoms with Crippen molar-refractivity contribution in [3.05, 3.63) is 46.0 Å². The summed E-state index contributed by atoms with van der Waals surface area (Å²) in [5.74, 6) is -0.509. The first-order valence-corrected chi connectivity index (χ1v) is 5.04. The van der Waals surface area contributed by atoms with Crippen molar-refractivity contribution in [2.24, 2.45) is 0 Å². The van der Waals surface area contributed by atoms with Gasteiger partial charge < -0.3 is 0 Å². The van der Waals surface area contributed by atoms with Crippen LogP contribution < -0.4 is 0 Å². The molecule has 6 heteroatoms.